The van der Waals surface area contributed by atoms with Gasteiger partial charge in [0.25, 0.3) is 0 Å². The van der Waals surface area contributed by atoms with Gasteiger partial charge in [-0.1, -0.05) is 49.2 Å². The lowest BCUT2D eigenvalue weighted by Crippen LogP contribution is -2.06. The van der Waals surface area contributed by atoms with E-state index in [1.165, 1.54) is 12.8 Å². The molecule has 0 amide bonds. The number of halogens is 1. The van der Waals surface area contributed by atoms with E-state index in [-0.39, 0.29) is 0 Å². The third kappa shape index (κ3) is 3.61. The summed E-state index contributed by atoms with van der Waals surface area (Å²) in [6.07, 6.45) is 3.47. The van der Waals surface area contributed by atoms with Crippen LogP contribution in [0, 0.1) is 12.8 Å². The molecular weight excluding hydrogens is 310 g/mol. The molecule has 4 heteroatoms. The predicted molar refractivity (Wildman–Crippen MR) is 92.8 cm³/mol. The molecule has 1 aromatic heterocycles. The molecule has 1 saturated carbocycles. The lowest BCUT2D eigenvalue weighted by molar-refractivity contribution is 0.0902. The molecule has 124 valence electrons. The monoisotopic (exact) mass is 333 g/mol. The number of benzene rings is 1. The van der Waals surface area contributed by atoms with Gasteiger partial charge in [0.05, 0.1) is 11.6 Å². The summed E-state index contributed by atoms with van der Waals surface area (Å²) in [5.74, 6) is 2.05. The molecule has 1 aromatic carbocycles. The maximum absolute atomic E-state index is 6.42. The summed E-state index contributed by atoms with van der Waals surface area (Å²) in [5, 5.41) is 5.06. The van der Waals surface area contributed by atoms with Crippen LogP contribution in [-0.4, -0.2) is 11.8 Å². The fraction of sp³-hybridized carbons (Fsp3) is 0.526. The normalized spacial score (nSPS) is 15.8. The molecular formula is C19H24ClNO2. The predicted octanol–water partition coefficient (Wildman–Crippen LogP) is 5.74. The lowest BCUT2D eigenvalue weighted by Gasteiger charge is -2.11. The van der Waals surface area contributed by atoms with Gasteiger partial charge >= 0.3 is 0 Å². The highest BCUT2D eigenvalue weighted by Gasteiger charge is 2.33. The molecule has 0 spiro atoms. The van der Waals surface area contributed by atoms with E-state index in [0.717, 1.165) is 41.2 Å². The summed E-state index contributed by atoms with van der Waals surface area (Å²) in [4.78, 5) is 0. The van der Waals surface area contributed by atoms with Crippen molar-refractivity contribution in [3.05, 3.63) is 40.1 Å². The van der Waals surface area contributed by atoms with Crippen LogP contribution in [-0.2, 0) is 11.3 Å². The minimum absolute atomic E-state index is 0.501. The summed E-state index contributed by atoms with van der Waals surface area (Å²) in [6, 6.07) is 5.91. The van der Waals surface area contributed by atoms with E-state index >= 15 is 0 Å². The first-order valence-corrected chi connectivity index (χ1v) is 8.81. The van der Waals surface area contributed by atoms with Gasteiger partial charge in [0.15, 0.2) is 0 Å². The minimum atomic E-state index is 0.501. The highest BCUT2D eigenvalue weighted by molar-refractivity contribution is 6.33. The first kappa shape index (κ1) is 16.5. The topological polar surface area (TPSA) is 35.3 Å². The van der Waals surface area contributed by atoms with Crippen LogP contribution < -0.4 is 0 Å². The SMILES string of the molecule is CCC(C)COCc1c(-c2c(C)cccc2Cl)noc1C1CC1. The number of aryl methyl sites for hydroxylation is 1. The van der Waals surface area contributed by atoms with Gasteiger partial charge in [-0.25, -0.2) is 0 Å². The Hall–Kier alpha value is -1.32. The Morgan fingerprint density at radius 1 is 1.39 bits per heavy atom. The molecule has 0 bridgehead atoms. The van der Waals surface area contributed by atoms with Gasteiger partial charge in [-0.2, -0.15) is 0 Å². The van der Waals surface area contributed by atoms with Gasteiger partial charge in [0.2, 0.25) is 0 Å². The summed E-state index contributed by atoms with van der Waals surface area (Å²) in [7, 11) is 0. The third-order valence-electron chi connectivity index (χ3n) is 4.57. The van der Waals surface area contributed by atoms with Crippen molar-refractivity contribution >= 4 is 11.6 Å². The van der Waals surface area contributed by atoms with Crippen LogP contribution in [0.5, 0.6) is 0 Å². The van der Waals surface area contributed by atoms with Gasteiger partial charge in [0, 0.05) is 23.7 Å². The molecule has 0 radical (unpaired) electrons. The first-order chi connectivity index (χ1) is 11.1. The van der Waals surface area contributed by atoms with Gasteiger partial charge in [0.1, 0.15) is 11.5 Å². The van der Waals surface area contributed by atoms with Crippen molar-refractivity contribution in [2.45, 2.75) is 52.6 Å². The van der Waals surface area contributed by atoms with Crippen molar-refractivity contribution in [3.8, 4) is 11.3 Å². The van der Waals surface area contributed by atoms with Crippen LogP contribution in [0.25, 0.3) is 11.3 Å². The van der Waals surface area contributed by atoms with E-state index in [1.807, 2.05) is 12.1 Å². The second-order valence-electron chi connectivity index (χ2n) is 6.61. The average molecular weight is 334 g/mol. The Morgan fingerprint density at radius 3 is 2.83 bits per heavy atom. The van der Waals surface area contributed by atoms with Crippen molar-refractivity contribution in [1.29, 1.82) is 0 Å². The smallest absolute Gasteiger partial charge is 0.145 e. The molecule has 1 fully saturated rings. The number of hydrogen-bond acceptors (Lipinski definition) is 3. The molecule has 1 heterocycles. The second kappa shape index (κ2) is 7.06. The lowest BCUT2D eigenvalue weighted by atomic mass is 10.0. The molecule has 1 aliphatic carbocycles. The third-order valence-corrected chi connectivity index (χ3v) is 4.89. The highest BCUT2D eigenvalue weighted by atomic mass is 35.5. The van der Waals surface area contributed by atoms with Crippen molar-refractivity contribution in [1.82, 2.24) is 5.16 Å². The number of aromatic nitrogens is 1. The quantitative estimate of drug-likeness (QED) is 0.647. The number of rotatable bonds is 7. The Bertz CT molecular complexity index is 656. The van der Waals surface area contributed by atoms with Gasteiger partial charge in [-0.3, -0.25) is 0 Å². The van der Waals surface area contributed by atoms with E-state index in [2.05, 4.69) is 32.0 Å². The van der Waals surface area contributed by atoms with Crippen LogP contribution in [0.1, 0.15) is 55.9 Å². The Kier molecular flexibility index (Phi) is 5.08. The summed E-state index contributed by atoms with van der Waals surface area (Å²) in [5.41, 5.74) is 3.99. The van der Waals surface area contributed by atoms with Crippen LogP contribution in [0.2, 0.25) is 5.02 Å². The van der Waals surface area contributed by atoms with Gasteiger partial charge in [-0.15, -0.1) is 0 Å². The fourth-order valence-corrected chi connectivity index (χ4v) is 3.05. The molecule has 23 heavy (non-hydrogen) atoms. The van der Waals surface area contributed by atoms with Crippen molar-refractivity contribution in [2.24, 2.45) is 5.92 Å². The average Bonchev–Trinajstić information content (AvgIpc) is 3.29. The molecule has 1 aliphatic rings. The molecule has 1 atom stereocenters. The molecule has 0 aliphatic heterocycles. The van der Waals surface area contributed by atoms with Crippen molar-refractivity contribution in [3.63, 3.8) is 0 Å². The standard InChI is InChI=1S/C19H24ClNO2/c1-4-12(2)10-22-11-15-18(21-23-19(15)14-8-9-14)17-13(3)6-5-7-16(17)20/h5-7,12,14H,4,8-11H2,1-3H3. The molecule has 0 saturated heterocycles. The number of ether oxygens (including phenoxy) is 1. The van der Waals surface area contributed by atoms with Gasteiger partial charge in [-0.05, 0) is 37.3 Å². The van der Waals surface area contributed by atoms with Crippen LogP contribution in [0.3, 0.4) is 0 Å². The Balaban J connectivity index is 1.91. The zero-order valence-electron chi connectivity index (χ0n) is 14.1. The molecule has 2 aromatic rings. The first-order valence-electron chi connectivity index (χ1n) is 8.43. The molecule has 3 rings (SSSR count). The number of hydrogen-bond donors (Lipinski definition) is 0. The summed E-state index contributed by atoms with van der Waals surface area (Å²) >= 11 is 6.42. The van der Waals surface area contributed by atoms with Crippen molar-refractivity contribution in [2.75, 3.05) is 6.61 Å². The largest absolute Gasteiger partial charge is 0.376 e. The van der Waals surface area contributed by atoms with Crippen LogP contribution >= 0.6 is 11.6 Å². The Labute approximate surface area is 143 Å². The van der Waals surface area contributed by atoms with E-state index in [9.17, 15) is 0 Å². The summed E-state index contributed by atoms with van der Waals surface area (Å²) in [6.45, 7) is 7.74. The molecule has 0 N–H and O–H groups in total. The molecule has 3 nitrogen and oxygen atoms in total. The van der Waals surface area contributed by atoms with Crippen LogP contribution in [0.4, 0.5) is 0 Å². The maximum Gasteiger partial charge on any atom is 0.145 e. The highest BCUT2D eigenvalue weighted by Crippen LogP contribution is 2.45. The Morgan fingerprint density at radius 2 is 2.17 bits per heavy atom. The minimum Gasteiger partial charge on any atom is -0.376 e. The molecule has 1 unspecified atom stereocenters. The maximum atomic E-state index is 6.42. The number of nitrogens with zero attached hydrogens (tertiary/aromatic N) is 1. The summed E-state index contributed by atoms with van der Waals surface area (Å²) < 4.78 is 11.6. The fourth-order valence-electron chi connectivity index (χ4n) is 2.74. The second-order valence-corrected chi connectivity index (χ2v) is 7.02. The van der Waals surface area contributed by atoms with E-state index in [1.54, 1.807) is 0 Å². The zero-order chi connectivity index (χ0) is 16.4. The van der Waals surface area contributed by atoms with Crippen LogP contribution in [0.15, 0.2) is 22.7 Å². The van der Waals surface area contributed by atoms with E-state index in [4.69, 9.17) is 20.9 Å². The van der Waals surface area contributed by atoms with E-state index in [0.29, 0.717) is 23.5 Å². The van der Waals surface area contributed by atoms with Gasteiger partial charge < -0.3 is 9.26 Å². The zero-order valence-corrected chi connectivity index (χ0v) is 14.8. The van der Waals surface area contributed by atoms with Crippen molar-refractivity contribution < 1.29 is 9.26 Å². The van der Waals surface area contributed by atoms with E-state index < -0.39 is 0 Å².